The van der Waals surface area contributed by atoms with Gasteiger partial charge in [0.15, 0.2) is 11.5 Å². The molecular formula is C18H20BrNO4. The molecule has 0 fully saturated rings. The molecule has 0 aliphatic rings. The fourth-order valence-corrected chi connectivity index (χ4v) is 2.56. The van der Waals surface area contributed by atoms with E-state index in [0.29, 0.717) is 30.4 Å². The van der Waals surface area contributed by atoms with Crippen molar-refractivity contribution in [3.8, 4) is 11.5 Å². The maximum Gasteiger partial charge on any atom is 0.310 e. The molecule has 128 valence electrons. The number of carbonyl (C=O) groups excluding carboxylic acids is 1. The quantitative estimate of drug-likeness (QED) is 0.635. The number of halogens is 1. The third kappa shape index (κ3) is 5.23. The highest BCUT2D eigenvalue weighted by atomic mass is 79.9. The predicted octanol–water partition coefficient (Wildman–Crippen LogP) is 3.93. The van der Waals surface area contributed by atoms with Crippen LogP contribution in [0.4, 0.5) is 0 Å². The number of rotatable bonds is 8. The number of aromatic nitrogens is 1. The topological polar surface area (TPSA) is 57.7 Å². The summed E-state index contributed by atoms with van der Waals surface area (Å²) in [7, 11) is 0. The van der Waals surface area contributed by atoms with E-state index < -0.39 is 0 Å². The molecule has 0 radical (unpaired) electrons. The van der Waals surface area contributed by atoms with Crippen LogP contribution in [0.5, 0.6) is 11.5 Å². The average Bonchev–Trinajstić information content (AvgIpc) is 2.58. The third-order valence-corrected chi connectivity index (χ3v) is 3.89. The Morgan fingerprint density at radius 1 is 1.12 bits per heavy atom. The van der Waals surface area contributed by atoms with Crippen LogP contribution in [0.25, 0.3) is 0 Å². The SMILES string of the molecule is CCOc1cc(Br)c(CC(=O)OCc2ccccn2)cc1OCC. The van der Waals surface area contributed by atoms with Crippen LogP contribution < -0.4 is 9.47 Å². The molecule has 2 aromatic rings. The van der Waals surface area contributed by atoms with E-state index in [9.17, 15) is 4.79 Å². The lowest BCUT2D eigenvalue weighted by molar-refractivity contribution is -0.144. The number of hydrogen-bond donors (Lipinski definition) is 0. The molecule has 0 saturated carbocycles. The van der Waals surface area contributed by atoms with Gasteiger partial charge in [0.05, 0.1) is 25.3 Å². The number of esters is 1. The first-order valence-electron chi connectivity index (χ1n) is 7.77. The van der Waals surface area contributed by atoms with E-state index in [1.54, 1.807) is 12.3 Å². The molecule has 6 heteroatoms. The Balaban J connectivity index is 2.05. The molecular weight excluding hydrogens is 374 g/mol. The zero-order valence-corrected chi connectivity index (χ0v) is 15.3. The predicted molar refractivity (Wildman–Crippen MR) is 94.2 cm³/mol. The molecule has 0 bridgehead atoms. The van der Waals surface area contributed by atoms with Gasteiger partial charge in [-0.15, -0.1) is 0 Å². The second-order valence-electron chi connectivity index (χ2n) is 4.91. The number of hydrogen-bond acceptors (Lipinski definition) is 5. The number of nitrogens with zero attached hydrogens (tertiary/aromatic N) is 1. The lowest BCUT2D eigenvalue weighted by atomic mass is 10.1. The van der Waals surface area contributed by atoms with E-state index in [-0.39, 0.29) is 19.0 Å². The Bertz CT molecular complexity index is 676. The van der Waals surface area contributed by atoms with Gasteiger partial charge >= 0.3 is 5.97 Å². The van der Waals surface area contributed by atoms with Crippen molar-refractivity contribution >= 4 is 21.9 Å². The van der Waals surface area contributed by atoms with Gasteiger partial charge in [0.25, 0.3) is 0 Å². The average molecular weight is 394 g/mol. The summed E-state index contributed by atoms with van der Waals surface area (Å²) >= 11 is 3.47. The highest BCUT2D eigenvalue weighted by molar-refractivity contribution is 9.10. The second kappa shape index (κ2) is 9.27. The van der Waals surface area contributed by atoms with Crippen molar-refractivity contribution < 1.29 is 19.0 Å². The molecule has 0 spiro atoms. The molecule has 0 amide bonds. The van der Waals surface area contributed by atoms with Gasteiger partial charge in [-0.3, -0.25) is 9.78 Å². The van der Waals surface area contributed by atoms with Crippen LogP contribution in [0, 0.1) is 0 Å². The normalized spacial score (nSPS) is 10.3. The van der Waals surface area contributed by atoms with Crippen molar-refractivity contribution in [3.05, 3.63) is 52.3 Å². The molecule has 1 heterocycles. The molecule has 0 aliphatic carbocycles. The van der Waals surface area contributed by atoms with E-state index in [2.05, 4.69) is 20.9 Å². The molecule has 0 saturated heterocycles. The summed E-state index contributed by atoms with van der Waals surface area (Å²) in [5.41, 5.74) is 1.50. The first kappa shape index (κ1) is 18.3. The van der Waals surface area contributed by atoms with E-state index >= 15 is 0 Å². The summed E-state index contributed by atoms with van der Waals surface area (Å²) in [5, 5.41) is 0. The van der Waals surface area contributed by atoms with Crippen LogP contribution in [0.15, 0.2) is 41.0 Å². The Kier molecular flexibility index (Phi) is 7.06. The Hall–Kier alpha value is -2.08. The molecule has 2 rings (SSSR count). The highest BCUT2D eigenvalue weighted by Gasteiger charge is 2.14. The van der Waals surface area contributed by atoms with Crippen molar-refractivity contribution in [2.75, 3.05) is 13.2 Å². The second-order valence-corrected chi connectivity index (χ2v) is 5.77. The van der Waals surface area contributed by atoms with Gasteiger partial charge < -0.3 is 14.2 Å². The summed E-state index contributed by atoms with van der Waals surface area (Å²) in [6.45, 7) is 5.03. The summed E-state index contributed by atoms with van der Waals surface area (Å²) in [6, 6.07) is 9.11. The van der Waals surface area contributed by atoms with E-state index in [1.807, 2.05) is 38.1 Å². The van der Waals surface area contributed by atoms with E-state index in [0.717, 1.165) is 10.0 Å². The molecule has 0 N–H and O–H groups in total. The highest BCUT2D eigenvalue weighted by Crippen LogP contribution is 2.34. The monoisotopic (exact) mass is 393 g/mol. The van der Waals surface area contributed by atoms with E-state index in [1.165, 1.54) is 0 Å². The lowest BCUT2D eigenvalue weighted by Gasteiger charge is -2.14. The van der Waals surface area contributed by atoms with Crippen molar-refractivity contribution in [2.24, 2.45) is 0 Å². The van der Waals surface area contributed by atoms with Crippen molar-refractivity contribution in [1.29, 1.82) is 0 Å². The van der Waals surface area contributed by atoms with Crippen molar-refractivity contribution in [1.82, 2.24) is 4.98 Å². The molecule has 24 heavy (non-hydrogen) atoms. The molecule has 0 atom stereocenters. The zero-order chi connectivity index (χ0) is 17.4. The first-order chi connectivity index (χ1) is 11.6. The van der Waals surface area contributed by atoms with Gasteiger partial charge in [-0.2, -0.15) is 0 Å². The van der Waals surface area contributed by atoms with Gasteiger partial charge in [-0.25, -0.2) is 0 Å². The number of ether oxygens (including phenoxy) is 3. The Labute approximate surface area is 150 Å². The zero-order valence-electron chi connectivity index (χ0n) is 13.8. The Morgan fingerprint density at radius 3 is 2.46 bits per heavy atom. The van der Waals surface area contributed by atoms with Crippen LogP contribution in [0.2, 0.25) is 0 Å². The van der Waals surface area contributed by atoms with Crippen LogP contribution >= 0.6 is 15.9 Å². The maximum absolute atomic E-state index is 12.1. The Morgan fingerprint density at radius 2 is 1.83 bits per heavy atom. The lowest BCUT2D eigenvalue weighted by Crippen LogP contribution is -2.09. The molecule has 1 aromatic carbocycles. The van der Waals surface area contributed by atoms with Gasteiger partial charge in [0.1, 0.15) is 6.61 Å². The van der Waals surface area contributed by atoms with Gasteiger partial charge in [-0.1, -0.05) is 22.0 Å². The van der Waals surface area contributed by atoms with Crippen LogP contribution in [-0.2, 0) is 22.6 Å². The first-order valence-corrected chi connectivity index (χ1v) is 8.56. The fraction of sp³-hybridized carbons (Fsp3) is 0.333. The fourth-order valence-electron chi connectivity index (χ4n) is 2.09. The maximum atomic E-state index is 12.1. The van der Waals surface area contributed by atoms with Crippen LogP contribution in [-0.4, -0.2) is 24.2 Å². The molecule has 0 unspecified atom stereocenters. The summed E-state index contributed by atoms with van der Waals surface area (Å²) in [6.07, 6.45) is 1.81. The minimum Gasteiger partial charge on any atom is -0.490 e. The van der Waals surface area contributed by atoms with Gasteiger partial charge in [-0.05, 0) is 43.7 Å². The summed E-state index contributed by atoms with van der Waals surface area (Å²) in [5.74, 6) is 0.944. The van der Waals surface area contributed by atoms with Crippen LogP contribution in [0.3, 0.4) is 0 Å². The number of pyridine rings is 1. The third-order valence-electron chi connectivity index (χ3n) is 3.15. The standard InChI is InChI=1S/C18H20BrNO4/c1-3-22-16-9-13(15(19)11-17(16)23-4-2)10-18(21)24-12-14-7-5-6-8-20-14/h5-9,11H,3-4,10,12H2,1-2H3. The number of benzene rings is 1. The summed E-state index contributed by atoms with van der Waals surface area (Å²) in [4.78, 5) is 16.2. The van der Waals surface area contributed by atoms with Crippen molar-refractivity contribution in [2.45, 2.75) is 26.9 Å². The van der Waals surface area contributed by atoms with Gasteiger partial charge in [0, 0.05) is 10.7 Å². The largest absolute Gasteiger partial charge is 0.490 e. The number of carbonyl (C=O) groups is 1. The van der Waals surface area contributed by atoms with E-state index in [4.69, 9.17) is 14.2 Å². The molecule has 0 aliphatic heterocycles. The summed E-state index contributed by atoms with van der Waals surface area (Å²) < 4.78 is 17.2. The molecule has 5 nitrogen and oxygen atoms in total. The van der Waals surface area contributed by atoms with Crippen LogP contribution in [0.1, 0.15) is 25.1 Å². The van der Waals surface area contributed by atoms with Crippen molar-refractivity contribution in [3.63, 3.8) is 0 Å². The minimum absolute atomic E-state index is 0.139. The smallest absolute Gasteiger partial charge is 0.310 e. The van der Waals surface area contributed by atoms with Gasteiger partial charge in [0.2, 0.25) is 0 Å². The molecule has 1 aromatic heterocycles. The minimum atomic E-state index is -0.326.